The largest absolute Gasteiger partial charge is 0.349 e. The van der Waals surface area contributed by atoms with Crippen LogP contribution >= 0.6 is 15.9 Å². The second kappa shape index (κ2) is 5.58. The highest BCUT2D eigenvalue weighted by molar-refractivity contribution is 9.10. The molecule has 0 spiro atoms. The monoisotopic (exact) mass is 305 g/mol. The van der Waals surface area contributed by atoms with Crippen molar-refractivity contribution >= 4 is 21.8 Å². The average molecular weight is 306 g/mol. The molecule has 2 nitrogen and oxygen atoms in total. The van der Waals surface area contributed by atoms with Crippen molar-refractivity contribution in [1.29, 1.82) is 0 Å². The summed E-state index contributed by atoms with van der Waals surface area (Å²) in [6, 6.07) is 1.99. The summed E-state index contributed by atoms with van der Waals surface area (Å²) >= 11 is 2.96. The second-order valence-corrected chi connectivity index (χ2v) is 5.17. The molecule has 5 heteroatoms. The second-order valence-electron chi connectivity index (χ2n) is 4.25. The molecule has 1 rings (SSSR count). The Labute approximate surface area is 108 Å². The van der Waals surface area contributed by atoms with Gasteiger partial charge in [-0.05, 0) is 25.0 Å². The molecule has 0 aromatic heterocycles. The fourth-order valence-electron chi connectivity index (χ4n) is 1.20. The molecule has 0 radical (unpaired) electrons. The summed E-state index contributed by atoms with van der Waals surface area (Å²) in [4.78, 5) is 11.7. The number of carbonyl (C=O) groups is 1. The molecule has 1 unspecified atom stereocenters. The van der Waals surface area contributed by atoms with E-state index in [1.165, 1.54) is 0 Å². The van der Waals surface area contributed by atoms with Crippen molar-refractivity contribution in [3.05, 3.63) is 33.8 Å². The molecule has 0 aliphatic heterocycles. The Morgan fingerprint density at radius 3 is 2.12 bits per heavy atom. The number of nitrogens with one attached hydrogen (secondary N) is 1. The summed E-state index contributed by atoms with van der Waals surface area (Å²) in [6.45, 7) is 5.62. The van der Waals surface area contributed by atoms with Gasteiger partial charge >= 0.3 is 0 Å². The van der Waals surface area contributed by atoms with Gasteiger partial charge in [-0.15, -0.1) is 0 Å². The first-order chi connectivity index (χ1) is 7.82. The average Bonchev–Trinajstić information content (AvgIpc) is 2.15. The van der Waals surface area contributed by atoms with Crippen LogP contribution in [0.4, 0.5) is 8.78 Å². The van der Waals surface area contributed by atoms with Crippen LogP contribution in [-0.4, -0.2) is 11.9 Å². The van der Waals surface area contributed by atoms with E-state index in [0.717, 1.165) is 12.1 Å². The highest BCUT2D eigenvalue weighted by Crippen LogP contribution is 2.19. The highest BCUT2D eigenvalue weighted by Gasteiger charge is 2.20. The Morgan fingerprint density at radius 2 is 1.71 bits per heavy atom. The molecule has 1 atom stereocenters. The van der Waals surface area contributed by atoms with Gasteiger partial charge in [0.2, 0.25) is 0 Å². The predicted molar refractivity (Wildman–Crippen MR) is 65.8 cm³/mol. The van der Waals surface area contributed by atoms with E-state index in [2.05, 4.69) is 21.2 Å². The van der Waals surface area contributed by atoms with E-state index in [0.29, 0.717) is 0 Å². The van der Waals surface area contributed by atoms with Crippen LogP contribution in [0.1, 0.15) is 31.1 Å². The summed E-state index contributed by atoms with van der Waals surface area (Å²) in [5.41, 5.74) is -0.541. The van der Waals surface area contributed by atoms with Crippen molar-refractivity contribution in [2.45, 2.75) is 26.8 Å². The summed E-state index contributed by atoms with van der Waals surface area (Å²) in [6.07, 6.45) is 0. The normalized spacial score (nSPS) is 12.6. The van der Waals surface area contributed by atoms with Crippen LogP contribution in [-0.2, 0) is 0 Å². The molecule has 17 heavy (non-hydrogen) atoms. The predicted octanol–water partition coefficient (Wildman–Crippen LogP) is 3.50. The Hall–Kier alpha value is -0.970. The first kappa shape index (κ1) is 14.1. The fourth-order valence-corrected chi connectivity index (χ4v) is 1.61. The zero-order valence-corrected chi connectivity index (χ0v) is 11.4. The molecule has 1 amide bonds. The van der Waals surface area contributed by atoms with Gasteiger partial charge in [-0.3, -0.25) is 4.79 Å². The molecular weight excluding hydrogens is 292 g/mol. The van der Waals surface area contributed by atoms with Crippen LogP contribution in [0.2, 0.25) is 0 Å². The molecule has 0 saturated heterocycles. The molecule has 0 aliphatic carbocycles. The Morgan fingerprint density at radius 1 is 1.24 bits per heavy atom. The van der Waals surface area contributed by atoms with Gasteiger partial charge in [-0.1, -0.05) is 29.8 Å². The standard InChI is InChI=1S/C12H14BrF2NO/c1-6(2)7(3)16-12(17)11-9(14)4-8(13)5-10(11)15/h4-7H,1-3H3,(H,16,17). The van der Waals surface area contributed by atoms with Gasteiger partial charge in [0.25, 0.3) is 5.91 Å². The maximum atomic E-state index is 13.5. The smallest absolute Gasteiger partial charge is 0.257 e. The molecule has 1 aromatic carbocycles. The summed E-state index contributed by atoms with van der Waals surface area (Å²) < 4.78 is 27.2. The van der Waals surface area contributed by atoms with Crippen LogP contribution in [0.5, 0.6) is 0 Å². The van der Waals surface area contributed by atoms with E-state index in [-0.39, 0.29) is 16.4 Å². The Balaban J connectivity index is 2.97. The van der Waals surface area contributed by atoms with E-state index >= 15 is 0 Å². The van der Waals surface area contributed by atoms with Gasteiger partial charge < -0.3 is 5.32 Å². The lowest BCUT2D eigenvalue weighted by molar-refractivity contribution is 0.0922. The molecule has 0 aliphatic rings. The molecule has 0 heterocycles. The third-order valence-electron chi connectivity index (χ3n) is 2.59. The van der Waals surface area contributed by atoms with Crippen molar-refractivity contribution in [1.82, 2.24) is 5.32 Å². The van der Waals surface area contributed by atoms with Gasteiger partial charge in [0.1, 0.15) is 17.2 Å². The Kier molecular flexibility index (Phi) is 4.62. The van der Waals surface area contributed by atoms with Crippen molar-refractivity contribution in [2.24, 2.45) is 5.92 Å². The third kappa shape index (κ3) is 3.49. The Bertz CT molecular complexity index is 412. The molecule has 0 saturated carbocycles. The lowest BCUT2D eigenvalue weighted by Gasteiger charge is -2.17. The van der Waals surface area contributed by atoms with Crippen molar-refractivity contribution in [2.75, 3.05) is 0 Å². The first-order valence-corrected chi connectivity index (χ1v) is 6.07. The van der Waals surface area contributed by atoms with E-state index < -0.39 is 23.1 Å². The number of halogens is 3. The molecule has 0 fully saturated rings. The fraction of sp³-hybridized carbons (Fsp3) is 0.417. The maximum absolute atomic E-state index is 13.5. The van der Waals surface area contributed by atoms with E-state index in [9.17, 15) is 13.6 Å². The molecule has 94 valence electrons. The van der Waals surface area contributed by atoms with Crippen molar-refractivity contribution in [3.63, 3.8) is 0 Å². The van der Waals surface area contributed by atoms with E-state index in [4.69, 9.17) is 0 Å². The van der Waals surface area contributed by atoms with Crippen LogP contribution in [0.15, 0.2) is 16.6 Å². The SMILES string of the molecule is CC(C)C(C)NC(=O)c1c(F)cc(Br)cc1F. The minimum absolute atomic E-state index is 0.148. The van der Waals surface area contributed by atoms with E-state index in [1.807, 2.05) is 13.8 Å². The lowest BCUT2D eigenvalue weighted by Crippen LogP contribution is -2.37. The summed E-state index contributed by atoms with van der Waals surface area (Å²) in [5, 5.41) is 2.56. The number of hydrogen-bond donors (Lipinski definition) is 1. The minimum atomic E-state index is -0.870. The van der Waals surface area contributed by atoms with Gasteiger partial charge in [-0.2, -0.15) is 0 Å². The highest BCUT2D eigenvalue weighted by atomic mass is 79.9. The van der Waals surface area contributed by atoms with Crippen LogP contribution in [0.25, 0.3) is 0 Å². The number of hydrogen-bond acceptors (Lipinski definition) is 1. The molecule has 0 bridgehead atoms. The number of carbonyl (C=O) groups excluding carboxylic acids is 1. The molecule has 1 N–H and O–H groups in total. The van der Waals surface area contributed by atoms with Crippen LogP contribution < -0.4 is 5.32 Å². The van der Waals surface area contributed by atoms with E-state index in [1.54, 1.807) is 6.92 Å². The lowest BCUT2D eigenvalue weighted by atomic mass is 10.1. The zero-order chi connectivity index (χ0) is 13.2. The van der Waals surface area contributed by atoms with Gasteiger partial charge in [0.05, 0.1) is 0 Å². The third-order valence-corrected chi connectivity index (χ3v) is 3.05. The van der Waals surface area contributed by atoms with Gasteiger partial charge in [0, 0.05) is 10.5 Å². The number of benzene rings is 1. The van der Waals surface area contributed by atoms with Gasteiger partial charge in [0.15, 0.2) is 0 Å². The molecule has 1 aromatic rings. The summed E-state index contributed by atoms with van der Waals surface area (Å²) in [7, 11) is 0. The number of amides is 1. The number of rotatable bonds is 3. The summed E-state index contributed by atoms with van der Waals surface area (Å²) in [5.74, 6) is -2.27. The zero-order valence-electron chi connectivity index (χ0n) is 9.85. The van der Waals surface area contributed by atoms with Crippen LogP contribution in [0, 0.1) is 17.6 Å². The minimum Gasteiger partial charge on any atom is -0.349 e. The maximum Gasteiger partial charge on any atom is 0.257 e. The quantitative estimate of drug-likeness (QED) is 0.910. The van der Waals surface area contributed by atoms with Crippen LogP contribution in [0.3, 0.4) is 0 Å². The van der Waals surface area contributed by atoms with Crippen molar-refractivity contribution < 1.29 is 13.6 Å². The topological polar surface area (TPSA) is 29.1 Å². The molecular formula is C12H14BrF2NO. The first-order valence-electron chi connectivity index (χ1n) is 5.28. The van der Waals surface area contributed by atoms with Crippen molar-refractivity contribution in [3.8, 4) is 0 Å². The van der Waals surface area contributed by atoms with Gasteiger partial charge in [-0.25, -0.2) is 8.78 Å².